The van der Waals surface area contributed by atoms with E-state index in [-0.39, 0.29) is 11.9 Å². The van der Waals surface area contributed by atoms with E-state index >= 15 is 0 Å². The molecule has 1 aromatic rings. The number of carbonyl (C=O) groups is 1. The van der Waals surface area contributed by atoms with Gasteiger partial charge in [0.25, 0.3) is 0 Å². The molecule has 0 spiro atoms. The van der Waals surface area contributed by atoms with Gasteiger partial charge in [-0.15, -0.1) is 0 Å². The fourth-order valence-electron chi connectivity index (χ4n) is 3.12. The van der Waals surface area contributed by atoms with Crippen molar-refractivity contribution in [3.05, 3.63) is 35.4 Å². The van der Waals surface area contributed by atoms with Gasteiger partial charge in [-0.25, -0.2) is 0 Å². The summed E-state index contributed by atoms with van der Waals surface area (Å²) in [4.78, 5) is 12.4. The van der Waals surface area contributed by atoms with Crippen LogP contribution in [0.4, 0.5) is 0 Å². The van der Waals surface area contributed by atoms with Crippen LogP contribution in [0.3, 0.4) is 0 Å². The topological polar surface area (TPSA) is 41.1 Å². The van der Waals surface area contributed by atoms with Crippen molar-refractivity contribution in [2.24, 2.45) is 5.92 Å². The average molecular weight is 258 g/mol. The highest BCUT2D eigenvalue weighted by atomic mass is 16.2. The Bertz CT molecular complexity index is 472. The minimum absolute atomic E-state index is 0.149. The van der Waals surface area contributed by atoms with Gasteiger partial charge < -0.3 is 10.6 Å². The Morgan fingerprint density at radius 2 is 2.26 bits per heavy atom. The second-order valence-electron chi connectivity index (χ2n) is 5.74. The van der Waals surface area contributed by atoms with E-state index in [9.17, 15) is 4.79 Å². The summed E-state index contributed by atoms with van der Waals surface area (Å²) in [6, 6.07) is 8.53. The number of nitrogens with one attached hydrogen (secondary N) is 2. The van der Waals surface area contributed by atoms with Gasteiger partial charge in [-0.1, -0.05) is 37.6 Å². The normalized spacial score (nSPS) is 28.6. The zero-order chi connectivity index (χ0) is 13.2. The average Bonchev–Trinajstić information content (AvgIpc) is 3.16. The third kappa shape index (κ3) is 2.66. The van der Waals surface area contributed by atoms with Crippen molar-refractivity contribution in [1.82, 2.24) is 10.6 Å². The Labute approximate surface area is 114 Å². The summed E-state index contributed by atoms with van der Waals surface area (Å²) in [5.41, 5.74) is 2.46. The highest BCUT2D eigenvalue weighted by Crippen LogP contribution is 2.35. The summed E-state index contributed by atoms with van der Waals surface area (Å²) in [5, 5.41) is 6.54. The molecule has 1 aliphatic carbocycles. The summed E-state index contributed by atoms with van der Waals surface area (Å²) in [5.74, 6) is 0.864. The number of benzene rings is 1. The fraction of sp³-hybridized carbons (Fsp3) is 0.562. The molecule has 0 saturated heterocycles. The van der Waals surface area contributed by atoms with Crippen LogP contribution in [0.1, 0.15) is 43.4 Å². The van der Waals surface area contributed by atoms with Crippen LogP contribution in [0.15, 0.2) is 24.3 Å². The van der Waals surface area contributed by atoms with Gasteiger partial charge in [-0.3, -0.25) is 4.79 Å². The van der Waals surface area contributed by atoms with Crippen LogP contribution in [0, 0.1) is 5.92 Å². The van der Waals surface area contributed by atoms with Gasteiger partial charge in [0.1, 0.15) is 6.04 Å². The predicted octanol–water partition coefficient (Wildman–Crippen LogP) is 2.18. The Morgan fingerprint density at radius 1 is 1.42 bits per heavy atom. The molecular formula is C16H22N2O. The standard InChI is InChI=1S/C16H22N2O/c1-2-5-12-10-14(12)18-16(19)15-13-7-4-3-6-11(13)8-9-17-15/h3-4,6-7,12,14-15,17H,2,5,8-10H2,1H3,(H,18,19). The zero-order valence-electron chi connectivity index (χ0n) is 11.5. The van der Waals surface area contributed by atoms with Crippen LogP contribution < -0.4 is 10.6 Å². The van der Waals surface area contributed by atoms with E-state index in [1.165, 1.54) is 18.4 Å². The lowest BCUT2D eigenvalue weighted by Crippen LogP contribution is -2.42. The molecule has 3 rings (SSSR count). The first kappa shape index (κ1) is 12.7. The second-order valence-corrected chi connectivity index (χ2v) is 5.74. The molecule has 2 N–H and O–H groups in total. The highest BCUT2D eigenvalue weighted by molar-refractivity contribution is 5.84. The van der Waals surface area contributed by atoms with Gasteiger partial charge in [0, 0.05) is 12.6 Å². The molecule has 2 aliphatic rings. The van der Waals surface area contributed by atoms with Gasteiger partial charge >= 0.3 is 0 Å². The number of fused-ring (bicyclic) bond motifs is 1. The molecule has 0 radical (unpaired) electrons. The summed E-state index contributed by atoms with van der Waals surface area (Å²) in [6.45, 7) is 3.09. The quantitative estimate of drug-likeness (QED) is 0.869. The molecule has 3 nitrogen and oxygen atoms in total. The maximum Gasteiger partial charge on any atom is 0.241 e. The maximum absolute atomic E-state index is 12.4. The van der Waals surface area contributed by atoms with Crippen LogP contribution in [-0.2, 0) is 11.2 Å². The molecule has 3 atom stereocenters. The third-order valence-electron chi connectivity index (χ3n) is 4.28. The zero-order valence-corrected chi connectivity index (χ0v) is 11.5. The first-order valence-corrected chi connectivity index (χ1v) is 7.41. The number of hydrogen-bond donors (Lipinski definition) is 2. The fourth-order valence-corrected chi connectivity index (χ4v) is 3.12. The van der Waals surface area contributed by atoms with Crippen molar-refractivity contribution in [3.8, 4) is 0 Å². The minimum Gasteiger partial charge on any atom is -0.351 e. The van der Waals surface area contributed by atoms with Crippen molar-refractivity contribution >= 4 is 5.91 Å². The highest BCUT2D eigenvalue weighted by Gasteiger charge is 2.39. The van der Waals surface area contributed by atoms with E-state index < -0.39 is 0 Å². The molecule has 19 heavy (non-hydrogen) atoms. The molecule has 3 heteroatoms. The third-order valence-corrected chi connectivity index (χ3v) is 4.28. The maximum atomic E-state index is 12.4. The van der Waals surface area contributed by atoms with E-state index in [0.29, 0.717) is 12.0 Å². The molecule has 102 valence electrons. The van der Waals surface area contributed by atoms with Gasteiger partial charge in [0.05, 0.1) is 0 Å². The number of rotatable bonds is 4. The van der Waals surface area contributed by atoms with E-state index in [4.69, 9.17) is 0 Å². The van der Waals surface area contributed by atoms with Crippen LogP contribution in [0.25, 0.3) is 0 Å². The lowest BCUT2D eigenvalue weighted by Gasteiger charge is -2.26. The molecule has 1 aliphatic heterocycles. The molecule has 1 amide bonds. The van der Waals surface area contributed by atoms with Crippen LogP contribution in [-0.4, -0.2) is 18.5 Å². The van der Waals surface area contributed by atoms with Crippen LogP contribution >= 0.6 is 0 Å². The molecule has 0 bridgehead atoms. The van der Waals surface area contributed by atoms with Crippen molar-refractivity contribution in [3.63, 3.8) is 0 Å². The summed E-state index contributed by atoms with van der Waals surface area (Å²) in [7, 11) is 0. The summed E-state index contributed by atoms with van der Waals surface area (Å²) < 4.78 is 0. The Kier molecular flexibility index (Phi) is 3.56. The van der Waals surface area contributed by atoms with E-state index in [2.05, 4.69) is 35.8 Å². The van der Waals surface area contributed by atoms with Gasteiger partial charge in [-0.05, 0) is 36.3 Å². The molecular weight excluding hydrogens is 236 g/mol. The van der Waals surface area contributed by atoms with Crippen molar-refractivity contribution in [2.75, 3.05) is 6.54 Å². The van der Waals surface area contributed by atoms with Crippen LogP contribution in [0.5, 0.6) is 0 Å². The van der Waals surface area contributed by atoms with Gasteiger partial charge in [0.15, 0.2) is 0 Å². The SMILES string of the molecule is CCCC1CC1NC(=O)C1NCCc2ccccc21. The lowest BCUT2D eigenvalue weighted by atomic mass is 9.94. The number of hydrogen-bond acceptors (Lipinski definition) is 2. The van der Waals surface area contributed by atoms with E-state index in [1.807, 2.05) is 6.07 Å². The van der Waals surface area contributed by atoms with Crippen molar-refractivity contribution < 1.29 is 4.79 Å². The number of amides is 1. The summed E-state index contributed by atoms with van der Waals surface area (Å²) in [6.07, 6.45) is 4.62. The van der Waals surface area contributed by atoms with E-state index in [1.54, 1.807) is 0 Å². The first-order chi connectivity index (χ1) is 9.29. The van der Waals surface area contributed by atoms with Gasteiger partial charge in [0.2, 0.25) is 5.91 Å². The molecule has 1 aromatic carbocycles. The smallest absolute Gasteiger partial charge is 0.241 e. The molecule has 3 unspecified atom stereocenters. The molecule has 1 heterocycles. The van der Waals surface area contributed by atoms with Crippen LogP contribution in [0.2, 0.25) is 0 Å². The first-order valence-electron chi connectivity index (χ1n) is 7.41. The van der Waals surface area contributed by atoms with Crippen molar-refractivity contribution in [2.45, 2.75) is 44.7 Å². The van der Waals surface area contributed by atoms with E-state index in [0.717, 1.165) is 24.9 Å². The monoisotopic (exact) mass is 258 g/mol. The molecule has 1 fully saturated rings. The predicted molar refractivity (Wildman–Crippen MR) is 75.8 cm³/mol. The molecule has 1 saturated carbocycles. The molecule has 0 aromatic heterocycles. The number of carbonyl (C=O) groups excluding carboxylic acids is 1. The second kappa shape index (κ2) is 5.33. The minimum atomic E-state index is -0.159. The van der Waals surface area contributed by atoms with Crippen molar-refractivity contribution in [1.29, 1.82) is 0 Å². The lowest BCUT2D eigenvalue weighted by molar-refractivity contribution is -0.123. The summed E-state index contributed by atoms with van der Waals surface area (Å²) >= 11 is 0. The Morgan fingerprint density at radius 3 is 3.11 bits per heavy atom. The Hall–Kier alpha value is -1.35. The largest absolute Gasteiger partial charge is 0.351 e. The Balaban J connectivity index is 1.65. The van der Waals surface area contributed by atoms with Gasteiger partial charge in [-0.2, -0.15) is 0 Å².